The molecule has 0 N–H and O–H groups in total. The van der Waals surface area contributed by atoms with Gasteiger partial charge in [-0.1, -0.05) is 250 Å². The SMILES string of the molecule is CC(C)(C)c1ccnc(-c2[c-]ccc(-c3nc(C(C)(C)C)nc(C(C)(C)C)n3)c2)c1.Cc1ccnc(-c2[c-]ccc(-c3nc(C(C)(C)C)nc(C(C)(C)C)n3)c2)c1.Cc1ccnc(-c2[c-]ccc(-c3nc(C(C)(C)C)nc(C(C)(C)C)n3)c2)c1.Cc1ccnc(-c2[c-]ccc(-c3nc(C(C)(C)C)nc(C(C)(C)C)n3)c2)c1.[Ir].[Ir].[Ir].[Ir]. The Kier molecular flexibility index (Phi) is 32.9. The van der Waals surface area contributed by atoms with E-state index in [0.717, 1.165) is 114 Å². The fourth-order valence-electron chi connectivity index (χ4n) is 10.8. The van der Waals surface area contributed by atoms with Gasteiger partial charge in [0.25, 0.3) is 0 Å². The molecule has 8 aromatic heterocycles. The minimum absolute atomic E-state index is 0. The van der Waals surface area contributed by atoms with E-state index in [-0.39, 0.29) is 129 Å². The predicted octanol–water partition coefficient (Wildman–Crippen LogP) is 22.2. The van der Waals surface area contributed by atoms with Crippen LogP contribution in [0.2, 0.25) is 0 Å². The molecule has 0 aliphatic heterocycles. The molecule has 0 atom stereocenters. The number of aryl methyl sites for hydroxylation is 3. The average molecular weight is 2250 g/mol. The van der Waals surface area contributed by atoms with Crippen molar-refractivity contribution in [1.82, 2.24) is 79.7 Å². The van der Waals surface area contributed by atoms with Crippen molar-refractivity contribution in [2.24, 2.45) is 0 Å². The fourth-order valence-corrected chi connectivity index (χ4v) is 10.8. The Morgan fingerprint density at radius 2 is 0.391 bits per heavy atom. The van der Waals surface area contributed by atoms with Crippen LogP contribution in [0.4, 0.5) is 0 Å². The first kappa shape index (κ1) is 97.7. The van der Waals surface area contributed by atoms with Gasteiger partial charge in [-0.25, -0.2) is 59.8 Å². The van der Waals surface area contributed by atoms with Gasteiger partial charge in [-0.3, -0.25) is 0 Å². The van der Waals surface area contributed by atoms with E-state index in [9.17, 15) is 0 Å². The largest absolute Gasteiger partial charge is 0.305 e. The number of nitrogens with zero attached hydrogens (tertiary/aromatic N) is 16. The van der Waals surface area contributed by atoms with Crippen LogP contribution in [0.5, 0.6) is 0 Å². The number of aromatic nitrogens is 16. The Hall–Kier alpha value is -7.88. The Balaban J connectivity index is 0.000000271. The van der Waals surface area contributed by atoms with Gasteiger partial charge < -0.3 is 19.9 Å². The van der Waals surface area contributed by atoms with Crippen LogP contribution in [0.3, 0.4) is 0 Å². The summed E-state index contributed by atoms with van der Waals surface area (Å²) in [5, 5.41) is 0. The van der Waals surface area contributed by atoms with Gasteiger partial charge in [0.05, 0.1) is 0 Å². The van der Waals surface area contributed by atoms with Crippen LogP contribution in [-0.4, -0.2) is 79.7 Å². The first-order valence-corrected chi connectivity index (χ1v) is 38.3. The molecule has 4 radical (unpaired) electrons. The van der Waals surface area contributed by atoms with E-state index in [1.807, 2.05) is 91.5 Å². The first-order chi connectivity index (χ1) is 51.4. The molecule has 12 aromatic rings. The summed E-state index contributed by atoms with van der Waals surface area (Å²) in [7, 11) is 0. The van der Waals surface area contributed by atoms with E-state index in [1.165, 1.54) is 22.3 Å². The summed E-state index contributed by atoms with van der Waals surface area (Å²) in [4.78, 5) is 75.4. The van der Waals surface area contributed by atoms with Crippen molar-refractivity contribution < 1.29 is 80.4 Å². The van der Waals surface area contributed by atoms with Crippen LogP contribution in [0.15, 0.2) is 146 Å². The van der Waals surface area contributed by atoms with Gasteiger partial charge in [-0.2, -0.15) is 0 Å². The molecular formula is C95H114Ir4N16-4. The minimum Gasteiger partial charge on any atom is -0.305 e. The monoisotopic (exact) mass is 2250 g/mol. The quantitative estimate of drug-likeness (QED) is 0.130. The number of hydrogen-bond acceptors (Lipinski definition) is 16. The molecule has 4 aromatic carbocycles. The standard InChI is InChI=1S/C26H33N4.3C23H27N4.4Ir/c1-24(2,3)19-13-14-27-20(16-19)17-11-10-12-18(15-17)21-28-22(25(4,5)6)30-23(29-21)26(7,8)9;3*1-15-11-12-24-18(13-15)16-9-8-10-17(14-16)19-25-20(22(2,3)4)27-21(26-19)23(5,6)7;;;;/h10,12-16H,1-9H3;3*8,10-14H,1-7H3;;;;/q4*-1;;;;. The second kappa shape index (κ2) is 38.7. The van der Waals surface area contributed by atoms with Crippen molar-refractivity contribution in [1.29, 1.82) is 0 Å². The van der Waals surface area contributed by atoms with E-state index >= 15 is 0 Å². The van der Waals surface area contributed by atoms with Gasteiger partial charge >= 0.3 is 0 Å². The maximum Gasteiger partial charge on any atom is 0.145 e. The van der Waals surface area contributed by atoms with Crippen molar-refractivity contribution in [3.8, 4) is 90.6 Å². The van der Waals surface area contributed by atoms with Gasteiger partial charge in [-0.15, -0.1) is 119 Å². The first-order valence-electron chi connectivity index (χ1n) is 38.3. The third kappa shape index (κ3) is 27.1. The van der Waals surface area contributed by atoms with E-state index in [1.54, 1.807) is 0 Å². The van der Waals surface area contributed by atoms with E-state index in [0.29, 0.717) is 23.3 Å². The number of pyridine rings is 4. The summed E-state index contributed by atoms with van der Waals surface area (Å²) >= 11 is 0. The van der Waals surface area contributed by atoms with Crippen molar-refractivity contribution >= 4 is 0 Å². The minimum atomic E-state index is -0.163. The zero-order valence-corrected chi connectivity index (χ0v) is 82.4. The topological polar surface area (TPSA) is 206 Å². The van der Waals surface area contributed by atoms with Crippen LogP contribution >= 0.6 is 0 Å². The number of benzene rings is 4. The third-order valence-electron chi connectivity index (χ3n) is 17.6. The molecular weight excluding hydrogens is 2130 g/mol. The van der Waals surface area contributed by atoms with Crippen molar-refractivity contribution in [2.75, 3.05) is 0 Å². The van der Waals surface area contributed by atoms with E-state index < -0.39 is 0 Å². The number of rotatable bonds is 8. The molecule has 0 saturated carbocycles. The molecule has 0 unspecified atom stereocenters. The van der Waals surface area contributed by atoms with E-state index in [4.69, 9.17) is 59.8 Å². The number of hydrogen-bond donors (Lipinski definition) is 0. The Morgan fingerprint density at radius 1 is 0.209 bits per heavy atom. The van der Waals surface area contributed by atoms with Gasteiger partial charge in [0.2, 0.25) is 0 Å². The third-order valence-corrected chi connectivity index (χ3v) is 17.6. The summed E-state index contributed by atoms with van der Waals surface area (Å²) in [6, 6.07) is 53.4. The second-order valence-electron chi connectivity index (χ2n) is 38.0. The summed E-state index contributed by atoms with van der Waals surface area (Å²) in [5.74, 6) is 9.23. The molecule has 0 aliphatic carbocycles. The van der Waals surface area contributed by atoms with Crippen molar-refractivity contribution in [2.45, 2.75) is 256 Å². The van der Waals surface area contributed by atoms with Crippen molar-refractivity contribution in [3.05, 3.63) is 239 Å². The smallest absolute Gasteiger partial charge is 0.145 e. The Morgan fingerprint density at radius 3 is 0.565 bits per heavy atom. The molecule has 12 rings (SSSR count). The molecule has 16 nitrogen and oxygen atoms in total. The average Bonchev–Trinajstić information content (AvgIpc) is 0.801. The maximum absolute atomic E-state index is 4.82. The zero-order valence-electron chi connectivity index (χ0n) is 72.8. The van der Waals surface area contributed by atoms with Crippen LogP contribution in [0, 0.1) is 45.0 Å². The molecule has 0 amide bonds. The molecule has 0 fully saturated rings. The molecule has 614 valence electrons. The van der Waals surface area contributed by atoms with Gasteiger partial charge in [0.1, 0.15) is 69.9 Å². The molecule has 0 saturated heterocycles. The molecule has 0 aliphatic rings. The van der Waals surface area contributed by atoms with Crippen LogP contribution < -0.4 is 0 Å². The summed E-state index contributed by atoms with van der Waals surface area (Å²) < 4.78 is 0. The zero-order chi connectivity index (χ0) is 81.8. The second-order valence-corrected chi connectivity index (χ2v) is 38.0. The van der Waals surface area contributed by atoms with Crippen LogP contribution in [-0.2, 0) is 129 Å². The molecule has 0 spiro atoms. The van der Waals surface area contributed by atoms with Gasteiger partial charge in [0.15, 0.2) is 0 Å². The van der Waals surface area contributed by atoms with Crippen LogP contribution in [0.25, 0.3) is 90.6 Å². The Labute approximate surface area is 740 Å². The summed E-state index contributed by atoms with van der Waals surface area (Å²) in [5.41, 5.74) is 14.7. The molecule has 8 heterocycles. The molecule has 0 bridgehead atoms. The predicted molar refractivity (Wildman–Crippen MR) is 452 cm³/mol. The van der Waals surface area contributed by atoms with Crippen molar-refractivity contribution in [3.63, 3.8) is 0 Å². The summed E-state index contributed by atoms with van der Waals surface area (Å²) in [6.45, 7) is 63.8. The van der Waals surface area contributed by atoms with E-state index in [2.05, 4.69) is 307 Å². The fraction of sp³-hybridized carbons (Fsp3) is 0.411. The Bertz CT molecular complexity index is 4760. The van der Waals surface area contributed by atoms with Gasteiger partial charge in [-0.05, 0) is 78.8 Å². The summed E-state index contributed by atoms with van der Waals surface area (Å²) in [6.07, 6.45) is 7.34. The van der Waals surface area contributed by atoms with Crippen LogP contribution in [0.1, 0.15) is 256 Å². The molecule has 115 heavy (non-hydrogen) atoms. The normalized spacial score (nSPS) is 12.0. The van der Waals surface area contributed by atoms with Gasteiger partial charge in [0, 0.05) is 149 Å². The molecule has 20 heteroatoms. The maximum atomic E-state index is 4.82.